The van der Waals surface area contributed by atoms with Crippen molar-refractivity contribution in [2.24, 2.45) is 5.92 Å². The topological polar surface area (TPSA) is 6.48 Å². The lowest BCUT2D eigenvalue weighted by molar-refractivity contribution is 0.145. The summed E-state index contributed by atoms with van der Waals surface area (Å²) in [6.07, 6.45) is 7.00. The molecule has 96 valence electrons. The maximum Gasteiger partial charge on any atom is 0.0110 e. The van der Waals surface area contributed by atoms with E-state index >= 15 is 0 Å². The molecule has 2 nitrogen and oxygen atoms in total. The first-order valence-corrected chi connectivity index (χ1v) is 7.17. The van der Waals surface area contributed by atoms with E-state index in [4.69, 9.17) is 0 Å². The molecule has 0 N–H and O–H groups in total. The molecule has 0 aromatic heterocycles. The van der Waals surface area contributed by atoms with Gasteiger partial charge < -0.3 is 9.80 Å². The molecule has 1 unspecified atom stereocenters. The predicted molar refractivity (Wildman–Crippen MR) is 71.9 cm³/mol. The second-order valence-corrected chi connectivity index (χ2v) is 5.35. The molecular formula is C14H30N2. The summed E-state index contributed by atoms with van der Waals surface area (Å²) in [7, 11) is 2.23. The minimum Gasteiger partial charge on any atom is -0.304 e. The van der Waals surface area contributed by atoms with Crippen molar-refractivity contribution < 1.29 is 0 Å². The first kappa shape index (κ1) is 14.0. The minimum absolute atomic E-state index is 0.972. The molecule has 0 aliphatic carbocycles. The Morgan fingerprint density at radius 2 is 1.69 bits per heavy atom. The van der Waals surface area contributed by atoms with Gasteiger partial charge in [-0.25, -0.2) is 0 Å². The largest absolute Gasteiger partial charge is 0.304 e. The summed E-state index contributed by atoms with van der Waals surface area (Å²) in [5.74, 6) is 0.972. The van der Waals surface area contributed by atoms with Crippen molar-refractivity contribution in [3.63, 3.8) is 0 Å². The predicted octanol–water partition coefficient (Wildman–Crippen LogP) is 2.84. The Labute approximate surface area is 102 Å². The molecule has 2 heteroatoms. The maximum absolute atomic E-state index is 2.65. The van der Waals surface area contributed by atoms with Crippen LogP contribution in [0.25, 0.3) is 0 Å². The first-order valence-electron chi connectivity index (χ1n) is 7.17. The quantitative estimate of drug-likeness (QED) is 0.658. The van der Waals surface area contributed by atoms with Crippen molar-refractivity contribution in [1.29, 1.82) is 0 Å². The van der Waals surface area contributed by atoms with Crippen LogP contribution in [0.4, 0.5) is 0 Å². The summed E-state index contributed by atoms with van der Waals surface area (Å²) >= 11 is 0. The fraction of sp³-hybridized carbons (Fsp3) is 1.00. The Hall–Kier alpha value is -0.0800. The molecule has 0 bridgehead atoms. The van der Waals surface area contributed by atoms with Crippen LogP contribution in [-0.4, -0.2) is 49.6 Å². The lowest BCUT2D eigenvalue weighted by atomic mass is 9.95. The highest BCUT2D eigenvalue weighted by molar-refractivity contribution is 4.70. The minimum atomic E-state index is 0.972. The van der Waals surface area contributed by atoms with Gasteiger partial charge in [0.25, 0.3) is 0 Å². The van der Waals surface area contributed by atoms with Crippen molar-refractivity contribution >= 4 is 0 Å². The van der Waals surface area contributed by atoms with Gasteiger partial charge >= 0.3 is 0 Å². The van der Waals surface area contributed by atoms with E-state index in [2.05, 4.69) is 30.7 Å². The molecular weight excluding hydrogens is 196 g/mol. The van der Waals surface area contributed by atoms with Gasteiger partial charge in [-0.3, -0.25) is 0 Å². The third kappa shape index (κ3) is 5.31. The standard InChI is InChI=1S/C14H30N2/c1-4-6-7-14(5-2)8-9-16-12-10-15(3)11-13-16/h14H,4-13H2,1-3H3. The SMILES string of the molecule is CCCCC(CC)CCN1CCN(C)CC1. The maximum atomic E-state index is 2.65. The summed E-state index contributed by atoms with van der Waals surface area (Å²) in [5.41, 5.74) is 0. The molecule has 16 heavy (non-hydrogen) atoms. The fourth-order valence-electron chi connectivity index (χ4n) is 2.48. The zero-order valence-corrected chi connectivity index (χ0v) is 11.5. The third-order valence-electron chi connectivity index (χ3n) is 3.99. The molecule has 0 radical (unpaired) electrons. The number of rotatable bonds is 7. The van der Waals surface area contributed by atoms with Crippen molar-refractivity contribution in [2.75, 3.05) is 39.8 Å². The molecule has 0 aromatic carbocycles. The summed E-state index contributed by atoms with van der Waals surface area (Å²) in [4.78, 5) is 5.08. The monoisotopic (exact) mass is 226 g/mol. The summed E-state index contributed by atoms with van der Waals surface area (Å²) < 4.78 is 0. The van der Waals surface area contributed by atoms with E-state index in [1.165, 1.54) is 64.8 Å². The Bertz CT molecular complexity index is 157. The number of hydrogen-bond donors (Lipinski definition) is 0. The van der Waals surface area contributed by atoms with Crippen LogP contribution in [0, 0.1) is 5.92 Å². The average molecular weight is 226 g/mol. The van der Waals surface area contributed by atoms with Crippen LogP contribution in [0.5, 0.6) is 0 Å². The Morgan fingerprint density at radius 1 is 1.00 bits per heavy atom. The number of piperazine rings is 1. The van der Waals surface area contributed by atoms with Crippen molar-refractivity contribution in [1.82, 2.24) is 9.80 Å². The lowest BCUT2D eigenvalue weighted by Crippen LogP contribution is -2.44. The van der Waals surface area contributed by atoms with Crippen LogP contribution >= 0.6 is 0 Å². The van der Waals surface area contributed by atoms with Gasteiger partial charge in [-0.2, -0.15) is 0 Å². The van der Waals surface area contributed by atoms with E-state index in [0.717, 1.165) is 5.92 Å². The third-order valence-corrected chi connectivity index (χ3v) is 3.99. The van der Waals surface area contributed by atoms with Gasteiger partial charge in [0.15, 0.2) is 0 Å². The summed E-state index contributed by atoms with van der Waals surface area (Å²) in [6.45, 7) is 11.0. The van der Waals surface area contributed by atoms with E-state index in [1.54, 1.807) is 0 Å². The van der Waals surface area contributed by atoms with Crippen molar-refractivity contribution in [3.05, 3.63) is 0 Å². The number of unbranched alkanes of at least 4 members (excludes halogenated alkanes) is 1. The van der Waals surface area contributed by atoms with Crippen LogP contribution in [-0.2, 0) is 0 Å². The van der Waals surface area contributed by atoms with E-state index in [9.17, 15) is 0 Å². The van der Waals surface area contributed by atoms with Gasteiger partial charge in [-0.05, 0) is 25.9 Å². The molecule has 1 atom stereocenters. The highest BCUT2D eigenvalue weighted by Crippen LogP contribution is 2.17. The van der Waals surface area contributed by atoms with Crippen LogP contribution < -0.4 is 0 Å². The van der Waals surface area contributed by atoms with Crippen LogP contribution in [0.3, 0.4) is 0 Å². The molecule has 1 saturated heterocycles. The highest BCUT2D eigenvalue weighted by atomic mass is 15.2. The second-order valence-electron chi connectivity index (χ2n) is 5.35. The smallest absolute Gasteiger partial charge is 0.0110 e. The number of likely N-dealkylation sites (N-methyl/N-ethyl adjacent to an activating group) is 1. The Morgan fingerprint density at radius 3 is 2.25 bits per heavy atom. The summed E-state index contributed by atoms with van der Waals surface area (Å²) in [6, 6.07) is 0. The fourth-order valence-corrected chi connectivity index (χ4v) is 2.48. The molecule has 1 aliphatic rings. The van der Waals surface area contributed by atoms with Gasteiger partial charge in [-0.15, -0.1) is 0 Å². The van der Waals surface area contributed by atoms with Gasteiger partial charge in [0, 0.05) is 26.2 Å². The second kappa shape index (κ2) is 8.08. The molecule has 1 aliphatic heterocycles. The molecule has 0 amide bonds. The van der Waals surface area contributed by atoms with Crippen molar-refractivity contribution in [3.8, 4) is 0 Å². The van der Waals surface area contributed by atoms with Gasteiger partial charge in [0.05, 0.1) is 0 Å². The van der Waals surface area contributed by atoms with E-state index in [1.807, 2.05) is 0 Å². The zero-order chi connectivity index (χ0) is 11.8. The molecule has 1 heterocycles. The normalized spacial score (nSPS) is 21.2. The molecule has 1 fully saturated rings. The lowest BCUT2D eigenvalue weighted by Gasteiger charge is -2.33. The van der Waals surface area contributed by atoms with Crippen molar-refractivity contribution in [2.45, 2.75) is 46.0 Å². The first-order chi connectivity index (χ1) is 7.76. The summed E-state index contributed by atoms with van der Waals surface area (Å²) in [5, 5.41) is 0. The van der Waals surface area contributed by atoms with Gasteiger partial charge in [0.2, 0.25) is 0 Å². The zero-order valence-electron chi connectivity index (χ0n) is 11.5. The van der Waals surface area contributed by atoms with Crippen LogP contribution in [0.15, 0.2) is 0 Å². The van der Waals surface area contributed by atoms with Crippen LogP contribution in [0.1, 0.15) is 46.0 Å². The van der Waals surface area contributed by atoms with Gasteiger partial charge in [0.1, 0.15) is 0 Å². The van der Waals surface area contributed by atoms with E-state index < -0.39 is 0 Å². The average Bonchev–Trinajstić information content (AvgIpc) is 2.32. The molecule has 0 saturated carbocycles. The Kier molecular flexibility index (Phi) is 7.06. The molecule has 0 spiro atoms. The number of nitrogens with zero attached hydrogens (tertiary/aromatic N) is 2. The van der Waals surface area contributed by atoms with E-state index in [-0.39, 0.29) is 0 Å². The molecule has 1 rings (SSSR count). The van der Waals surface area contributed by atoms with E-state index in [0.29, 0.717) is 0 Å². The number of hydrogen-bond acceptors (Lipinski definition) is 2. The molecule has 0 aromatic rings. The van der Waals surface area contributed by atoms with Crippen LogP contribution in [0.2, 0.25) is 0 Å². The highest BCUT2D eigenvalue weighted by Gasteiger charge is 2.14. The Balaban J connectivity index is 2.11. The van der Waals surface area contributed by atoms with Gasteiger partial charge in [-0.1, -0.05) is 39.5 Å².